The maximum atomic E-state index is 14.2. The van der Waals surface area contributed by atoms with Gasteiger partial charge in [0.1, 0.15) is 23.7 Å². The molecule has 3 fully saturated rings. The maximum Gasteiger partial charge on any atom is 0.407 e. The Kier molecular flexibility index (Phi) is 12.9. The van der Waals surface area contributed by atoms with E-state index in [0.29, 0.717) is 43.3 Å². The summed E-state index contributed by atoms with van der Waals surface area (Å²) >= 11 is 0. The zero-order valence-electron chi connectivity index (χ0n) is 35.7. The molecule has 0 saturated carbocycles. The fourth-order valence-electron chi connectivity index (χ4n) is 8.66. The number of likely N-dealkylation sites (tertiary alicyclic amines) is 3. The molecule has 5 N–H and O–H groups in total. The summed E-state index contributed by atoms with van der Waals surface area (Å²) in [6, 6.07) is 22.7. The first-order chi connectivity index (χ1) is 30.6. The Morgan fingerprint density at radius 3 is 1.76 bits per heavy atom. The van der Waals surface area contributed by atoms with Crippen LogP contribution in [0, 0.1) is 17.8 Å². The van der Waals surface area contributed by atoms with E-state index < -0.39 is 24.3 Å². The average molecular weight is 852 g/mol. The highest BCUT2D eigenvalue weighted by atomic mass is 16.5. The number of nitrogens with one attached hydrogen (secondary N) is 4. The molecule has 3 aliphatic heterocycles. The molecule has 2 aromatic heterocycles. The second kappa shape index (κ2) is 19.0. The van der Waals surface area contributed by atoms with Crippen molar-refractivity contribution in [2.45, 2.75) is 76.2 Å². The number of urea groups is 1. The largest absolute Gasteiger partial charge is 0.453 e. The number of nitrogens with zero attached hydrogens (tertiary/aromatic N) is 5. The quantitative estimate of drug-likeness (QED) is 0.104. The summed E-state index contributed by atoms with van der Waals surface area (Å²) in [7, 11) is 1.29. The molecule has 5 aromatic rings. The van der Waals surface area contributed by atoms with Crippen LogP contribution in [-0.4, -0.2) is 109 Å². The van der Waals surface area contributed by atoms with Crippen LogP contribution in [0.2, 0.25) is 0 Å². The molecule has 8 rings (SSSR count). The number of methoxy groups -OCH3 is 1. The number of carbonyl (C=O) groups is 4. The summed E-state index contributed by atoms with van der Waals surface area (Å²) < 4.78 is 4.75. The van der Waals surface area contributed by atoms with Gasteiger partial charge < -0.3 is 45.1 Å². The fourth-order valence-corrected chi connectivity index (χ4v) is 8.66. The van der Waals surface area contributed by atoms with Crippen molar-refractivity contribution in [3.8, 4) is 34.4 Å². The third-order valence-electron chi connectivity index (χ3n) is 12.1. The standard InChI is InChI=1S/C48H53N9O6/c1-30(2)41(54-48(62)63-3)45(59)56-24-7-11-39(56)43-49-27-37(51-43)33-19-15-31(16-20-33)13-14-32-17-21-34(22-18-32)38-28-50-44(52-38)40-12-8-25-57(40)46(60)42(35-9-5-4-6-10-35)53-47(61)55-26-23-36(58)29-55/h4-6,9-10,15-22,27-28,30,36,39-42,58H,7-8,11-12,23-26,29H2,1-3H3,(H,49,51)(H,50,52)(H,53,61)(H,54,62). The number of rotatable bonds is 10. The number of imidazole rings is 2. The van der Waals surface area contributed by atoms with Gasteiger partial charge in [-0.15, -0.1) is 0 Å². The molecule has 0 spiro atoms. The minimum Gasteiger partial charge on any atom is -0.453 e. The van der Waals surface area contributed by atoms with E-state index in [0.717, 1.165) is 59.3 Å². The molecular weight excluding hydrogens is 799 g/mol. The lowest BCUT2D eigenvalue weighted by molar-refractivity contribution is -0.135. The lowest BCUT2D eigenvalue weighted by Crippen LogP contribution is -2.51. The summed E-state index contributed by atoms with van der Waals surface area (Å²) in [6.07, 6.45) is 6.05. The maximum absolute atomic E-state index is 14.2. The SMILES string of the molecule is COC(=O)NC(C(=O)N1CCCC1c1ncc(-c2ccc(C#Cc3ccc(-c4cnc(C5CCCN5C(=O)C(NC(=O)N5CCC(O)C5)c5ccccc5)[nH]4)cc3)cc2)[nH]1)C(C)C. The zero-order chi connectivity index (χ0) is 44.0. The van der Waals surface area contributed by atoms with Crippen LogP contribution in [0.4, 0.5) is 9.59 Å². The van der Waals surface area contributed by atoms with E-state index in [-0.39, 0.29) is 42.4 Å². The Morgan fingerprint density at radius 1 is 0.730 bits per heavy atom. The lowest BCUT2D eigenvalue weighted by Gasteiger charge is -2.30. The van der Waals surface area contributed by atoms with Crippen LogP contribution in [-0.2, 0) is 14.3 Å². The second-order valence-electron chi connectivity index (χ2n) is 16.7. The minimum absolute atomic E-state index is 0.112. The molecule has 3 aromatic carbocycles. The van der Waals surface area contributed by atoms with E-state index in [1.807, 2.05) is 97.6 Å². The van der Waals surface area contributed by atoms with Crippen LogP contribution < -0.4 is 10.6 Å². The normalized spacial score (nSPS) is 19.4. The fraction of sp³-hybridized carbons (Fsp3) is 0.375. The van der Waals surface area contributed by atoms with Gasteiger partial charge in [-0.3, -0.25) is 9.59 Å². The molecule has 15 heteroatoms. The number of alkyl carbamates (subject to hydrolysis) is 1. The molecule has 5 atom stereocenters. The molecule has 15 nitrogen and oxygen atoms in total. The third kappa shape index (κ3) is 9.61. The number of hydrogen-bond donors (Lipinski definition) is 5. The smallest absolute Gasteiger partial charge is 0.407 e. The van der Waals surface area contributed by atoms with Crippen molar-refractivity contribution >= 4 is 23.9 Å². The molecule has 0 bridgehead atoms. The van der Waals surface area contributed by atoms with Gasteiger partial charge in [-0.2, -0.15) is 0 Å². The van der Waals surface area contributed by atoms with Crippen molar-refractivity contribution in [1.82, 2.24) is 45.3 Å². The Morgan fingerprint density at radius 2 is 1.27 bits per heavy atom. The van der Waals surface area contributed by atoms with Gasteiger partial charge in [0, 0.05) is 37.3 Å². The minimum atomic E-state index is -0.876. The van der Waals surface area contributed by atoms with Crippen molar-refractivity contribution < 1.29 is 29.0 Å². The van der Waals surface area contributed by atoms with Gasteiger partial charge in [0.05, 0.1) is 49.1 Å². The first kappa shape index (κ1) is 42.8. The second-order valence-corrected chi connectivity index (χ2v) is 16.7. The van der Waals surface area contributed by atoms with Crippen molar-refractivity contribution in [2.24, 2.45) is 5.92 Å². The molecule has 0 aliphatic carbocycles. The van der Waals surface area contributed by atoms with Gasteiger partial charge in [-0.05, 0) is 79.0 Å². The van der Waals surface area contributed by atoms with Crippen LogP contribution in [0.3, 0.4) is 0 Å². The molecule has 0 radical (unpaired) electrons. The molecule has 63 heavy (non-hydrogen) atoms. The van der Waals surface area contributed by atoms with Crippen molar-refractivity contribution in [2.75, 3.05) is 33.3 Å². The van der Waals surface area contributed by atoms with Crippen LogP contribution in [0.25, 0.3) is 22.5 Å². The number of β-amino-alcohol motifs (C(OH)–C–C–N with tert-alkyl or cyclic N) is 1. The highest BCUT2D eigenvalue weighted by molar-refractivity contribution is 5.89. The predicted octanol–water partition coefficient (Wildman–Crippen LogP) is 6.09. The monoisotopic (exact) mass is 851 g/mol. The molecule has 3 saturated heterocycles. The summed E-state index contributed by atoms with van der Waals surface area (Å²) in [5, 5.41) is 15.6. The number of aliphatic hydroxyl groups excluding tert-OH is 1. The van der Waals surface area contributed by atoms with Crippen LogP contribution in [0.1, 0.15) is 92.4 Å². The van der Waals surface area contributed by atoms with E-state index in [1.54, 1.807) is 22.2 Å². The molecule has 5 unspecified atom stereocenters. The van der Waals surface area contributed by atoms with Gasteiger partial charge in [0.15, 0.2) is 0 Å². The van der Waals surface area contributed by atoms with Crippen molar-refractivity contribution in [1.29, 1.82) is 0 Å². The molecule has 326 valence electrons. The van der Waals surface area contributed by atoms with E-state index in [1.165, 1.54) is 7.11 Å². The Bertz CT molecular complexity index is 2470. The summed E-state index contributed by atoms with van der Waals surface area (Å²) in [6.45, 7) is 5.60. The summed E-state index contributed by atoms with van der Waals surface area (Å²) in [4.78, 5) is 74.3. The highest BCUT2D eigenvalue weighted by Gasteiger charge is 2.39. The third-order valence-corrected chi connectivity index (χ3v) is 12.1. The molecule has 5 heterocycles. The number of aliphatic hydroxyl groups is 1. The summed E-state index contributed by atoms with van der Waals surface area (Å²) in [5.41, 5.74) is 5.93. The summed E-state index contributed by atoms with van der Waals surface area (Å²) in [5.74, 6) is 7.45. The Hall–Kier alpha value is -6.92. The van der Waals surface area contributed by atoms with Crippen molar-refractivity contribution in [3.05, 3.63) is 120 Å². The van der Waals surface area contributed by atoms with Gasteiger partial charge in [-0.25, -0.2) is 19.6 Å². The number of ether oxygens (including phenoxy) is 1. The Labute approximate surface area is 366 Å². The molecular formula is C48H53N9O6. The lowest BCUT2D eigenvalue weighted by atomic mass is 10.0. The number of benzene rings is 3. The van der Waals surface area contributed by atoms with Gasteiger partial charge in [0.2, 0.25) is 11.8 Å². The van der Waals surface area contributed by atoms with Crippen molar-refractivity contribution in [3.63, 3.8) is 0 Å². The number of H-pyrrole nitrogens is 2. The number of aromatic nitrogens is 4. The zero-order valence-corrected chi connectivity index (χ0v) is 35.7. The van der Waals surface area contributed by atoms with E-state index in [4.69, 9.17) is 9.72 Å². The first-order valence-corrected chi connectivity index (χ1v) is 21.6. The van der Waals surface area contributed by atoms with Gasteiger partial charge >= 0.3 is 12.1 Å². The van der Waals surface area contributed by atoms with E-state index in [9.17, 15) is 24.3 Å². The van der Waals surface area contributed by atoms with Crippen LogP contribution in [0.5, 0.6) is 0 Å². The number of amides is 5. The predicted molar refractivity (Wildman–Crippen MR) is 235 cm³/mol. The average Bonchev–Trinajstić information content (AvgIpc) is 4.17. The Balaban J connectivity index is 0.894. The van der Waals surface area contributed by atoms with E-state index in [2.05, 4.69) is 37.4 Å². The molecule has 5 amide bonds. The molecule has 3 aliphatic rings. The first-order valence-electron chi connectivity index (χ1n) is 21.6. The van der Waals surface area contributed by atoms with Crippen LogP contribution in [0.15, 0.2) is 91.3 Å². The van der Waals surface area contributed by atoms with Gasteiger partial charge in [0.25, 0.3) is 0 Å². The topological polar surface area (TPSA) is 189 Å². The van der Waals surface area contributed by atoms with Crippen LogP contribution >= 0.6 is 0 Å². The number of carbonyl (C=O) groups excluding carboxylic acids is 4. The number of hydrogen-bond acceptors (Lipinski definition) is 8. The highest BCUT2D eigenvalue weighted by Crippen LogP contribution is 2.35. The number of aromatic amines is 2. The van der Waals surface area contributed by atoms with E-state index >= 15 is 0 Å². The van der Waals surface area contributed by atoms with Gasteiger partial charge in [-0.1, -0.05) is 80.3 Å².